The Morgan fingerprint density at radius 1 is 1.16 bits per heavy atom. The lowest BCUT2D eigenvalue weighted by Gasteiger charge is -2.22. The minimum absolute atomic E-state index is 0.0366. The van der Waals surface area contributed by atoms with Crippen LogP contribution in [0.4, 0.5) is 19.0 Å². The van der Waals surface area contributed by atoms with Crippen LogP contribution in [0.3, 0.4) is 0 Å². The highest BCUT2D eigenvalue weighted by molar-refractivity contribution is 5.97. The third-order valence-corrected chi connectivity index (χ3v) is 7.01. The molecule has 0 fully saturated rings. The van der Waals surface area contributed by atoms with E-state index in [1.165, 1.54) is 28.3 Å². The molecule has 1 unspecified atom stereocenters. The smallest absolute Gasteiger partial charge is 0.298 e. The molecule has 1 atom stereocenters. The van der Waals surface area contributed by atoms with Gasteiger partial charge in [0.2, 0.25) is 5.56 Å². The van der Waals surface area contributed by atoms with Crippen LogP contribution in [-0.4, -0.2) is 26.2 Å². The maximum Gasteiger partial charge on any atom is 0.298 e. The van der Waals surface area contributed by atoms with E-state index >= 15 is 4.39 Å². The average Bonchev–Trinajstić information content (AvgIpc) is 3.36. The Hall–Kier alpha value is -3.72. The number of aromatic nitrogens is 3. The van der Waals surface area contributed by atoms with Gasteiger partial charge >= 0.3 is 0 Å². The van der Waals surface area contributed by atoms with E-state index in [4.69, 9.17) is 10.1 Å². The van der Waals surface area contributed by atoms with Crippen LogP contribution in [0.2, 0.25) is 0 Å². The molecule has 9 heteroatoms. The van der Waals surface area contributed by atoms with Crippen molar-refractivity contribution in [2.45, 2.75) is 45.1 Å². The molecule has 4 aromatic rings. The number of hydrogen-bond donors (Lipinski definition) is 2. The van der Waals surface area contributed by atoms with Gasteiger partial charge in [0, 0.05) is 30.3 Å². The van der Waals surface area contributed by atoms with Gasteiger partial charge in [-0.2, -0.15) is 8.78 Å². The lowest BCUT2D eigenvalue weighted by Crippen LogP contribution is -2.22. The molecule has 2 heterocycles. The molecule has 2 N–H and O–H groups in total. The second kappa shape index (κ2) is 9.30. The standard InChI is InChI=1S/C28H27F3N4O2/c1-15(18-6-5-9-23(25(18)29)28(30,31)14-36)32-27-22-12-21(17-10-11-24(37)35(3)13-17)19-7-4-8-20(19)26(22)33-16(2)34-27/h5-6,9-13,15,36H,4,7-8,14H2,1-3H3,(H,32,33,34). The van der Waals surface area contributed by atoms with E-state index < -0.39 is 30.0 Å². The molecular formula is C28H27F3N4O2. The Labute approximate surface area is 211 Å². The van der Waals surface area contributed by atoms with E-state index in [-0.39, 0.29) is 11.1 Å². The number of hydrogen-bond acceptors (Lipinski definition) is 5. The number of aliphatic hydroxyl groups excluding tert-OH is 1. The Balaban J connectivity index is 1.64. The number of rotatable bonds is 6. The van der Waals surface area contributed by atoms with Crippen LogP contribution in [-0.2, 0) is 25.8 Å². The van der Waals surface area contributed by atoms with E-state index in [1.807, 2.05) is 6.07 Å². The second-order valence-electron chi connectivity index (χ2n) is 9.55. The van der Waals surface area contributed by atoms with Crippen LogP contribution in [0.5, 0.6) is 0 Å². The first kappa shape index (κ1) is 25.0. The molecule has 5 rings (SSSR count). The minimum atomic E-state index is -3.69. The van der Waals surface area contributed by atoms with Gasteiger partial charge < -0.3 is 15.0 Å². The number of nitrogens with zero attached hydrogens (tertiary/aromatic N) is 3. The summed E-state index contributed by atoms with van der Waals surface area (Å²) in [6.07, 6.45) is 4.52. The van der Waals surface area contributed by atoms with Crippen molar-refractivity contribution in [2.24, 2.45) is 7.05 Å². The summed E-state index contributed by atoms with van der Waals surface area (Å²) >= 11 is 0. The predicted octanol–water partition coefficient (Wildman–Crippen LogP) is 5.19. The summed E-state index contributed by atoms with van der Waals surface area (Å²) in [6, 6.07) is 8.38. The van der Waals surface area contributed by atoms with Crippen LogP contribution in [0.15, 0.2) is 47.4 Å². The van der Waals surface area contributed by atoms with Crippen molar-refractivity contribution in [3.05, 3.63) is 86.8 Å². The van der Waals surface area contributed by atoms with Gasteiger partial charge in [-0.1, -0.05) is 12.1 Å². The maximum atomic E-state index is 15.1. The summed E-state index contributed by atoms with van der Waals surface area (Å²) in [4.78, 5) is 21.3. The summed E-state index contributed by atoms with van der Waals surface area (Å²) < 4.78 is 44.9. The van der Waals surface area contributed by atoms with Crippen LogP contribution in [0.25, 0.3) is 22.0 Å². The fraction of sp³-hybridized carbons (Fsp3) is 0.321. The molecule has 0 saturated heterocycles. The normalized spacial score (nSPS) is 14.1. The molecule has 0 aliphatic heterocycles. The Morgan fingerprint density at radius 3 is 2.65 bits per heavy atom. The fourth-order valence-electron chi connectivity index (χ4n) is 5.14. The summed E-state index contributed by atoms with van der Waals surface area (Å²) in [5.41, 5.74) is 4.08. The summed E-state index contributed by atoms with van der Waals surface area (Å²) in [6.45, 7) is 1.97. The molecular weight excluding hydrogens is 481 g/mol. The first-order valence-electron chi connectivity index (χ1n) is 12.1. The number of aliphatic hydroxyl groups is 1. The van der Waals surface area contributed by atoms with Crippen molar-refractivity contribution in [2.75, 3.05) is 11.9 Å². The highest BCUT2D eigenvalue weighted by atomic mass is 19.3. The van der Waals surface area contributed by atoms with Crippen molar-refractivity contribution < 1.29 is 18.3 Å². The van der Waals surface area contributed by atoms with Gasteiger partial charge in [0.25, 0.3) is 5.92 Å². The number of benzene rings is 2. The zero-order valence-corrected chi connectivity index (χ0v) is 20.8. The zero-order valence-electron chi connectivity index (χ0n) is 20.8. The van der Waals surface area contributed by atoms with E-state index in [1.54, 1.807) is 33.2 Å². The van der Waals surface area contributed by atoms with Crippen LogP contribution in [0, 0.1) is 12.7 Å². The SMILES string of the molecule is Cc1nc(NC(C)c2cccc(C(F)(F)CO)c2F)c2cc(-c3ccc(=O)n(C)c3)c3c(c2n1)CCC3. The fourth-order valence-corrected chi connectivity index (χ4v) is 5.14. The molecule has 37 heavy (non-hydrogen) atoms. The number of pyridine rings is 1. The van der Waals surface area contributed by atoms with Gasteiger partial charge in [-0.15, -0.1) is 0 Å². The molecule has 0 spiro atoms. The number of nitrogens with one attached hydrogen (secondary N) is 1. The molecule has 192 valence electrons. The molecule has 2 aromatic carbocycles. The summed E-state index contributed by atoms with van der Waals surface area (Å²) in [5, 5.41) is 13.0. The van der Waals surface area contributed by atoms with Crippen molar-refractivity contribution in [1.82, 2.24) is 14.5 Å². The lowest BCUT2D eigenvalue weighted by molar-refractivity contribution is -0.0583. The van der Waals surface area contributed by atoms with Gasteiger partial charge in [0.15, 0.2) is 0 Å². The Kier molecular flexibility index (Phi) is 6.27. The van der Waals surface area contributed by atoms with E-state index in [0.29, 0.717) is 11.6 Å². The third-order valence-electron chi connectivity index (χ3n) is 7.01. The highest BCUT2D eigenvalue weighted by Crippen LogP contribution is 2.40. The van der Waals surface area contributed by atoms with Crippen LogP contribution in [0.1, 0.15) is 47.5 Å². The first-order valence-corrected chi connectivity index (χ1v) is 12.1. The number of fused-ring (bicyclic) bond motifs is 3. The van der Waals surface area contributed by atoms with Gasteiger partial charge in [-0.25, -0.2) is 14.4 Å². The first-order chi connectivity index (χ1) is 17.6. The molecule has 1 aliphatic carbocycles. The van der Waals surface area contributed by atoms with Crippen LogP contribution >= 0.6 is 0 Å². The van der Waals surface area contributed by atoms with Gasteiger partial charge in [0.1, 0.15) is 24.1 Å². The van der Waals surface area contributed by atoms with Crippen LogP contribution < -0.4 is 10.9 Å². The summed E-state index contributed by atoms with van der Waals surface area (Å²) in [7, 11) is 1.71. The molecule has 0 radical (unpaired) electrons. The predicted molar refractivity (Wildman–Crippen MR) is 136 cm³/mol. The maximum absolute atomic E-state index is 15.1. The molecule has 1 aliphatic rings. The van der Waals surface area contributed by atoms with Crippen molar-refractivity contribution in [3.63, 3.8) is 0 Å². The number of anilines is 1. The molecule has 6 nitrogen and oxygen atoms in total. The largest absolute Gasteiger partial charge is 0.390 e. The highest BCUT2D eigenvalue weighted by Gasteiger charge is 2.35. The topological polar surface area (TPSA) is 80.0 Å². The zero-order chi connectivity index (χ0) is 26.5. The minimum Gasteiger partial charge on any atom is -0.390 e. The van der Waals surface area contributed by atoms with E-state index in [9.17, 15) is 13.6 Å². The summed E-state index contributed by atoms with van der Waals surface area (Å²) in [5.74, 6) is -3.76. The molecule has 0 saturated carbocycles. The number of halogens is 3. The van der Waals surface area contributed by atoms with E-state index in [2.05, 4.69) is 10.3 Å². The molecule has 2 aromatic heterocycles. The molecule has 0 amide bonds. The quantitative estimate of drug-likeness (QED) is 0.375. The average molecular weight is 509 g/mol. The lowest BCUT2D eigenvalue weighted by atomic mass is 9.94. The van der Waals surface area contributed by atoms with E-state index in [0.717, 1.165) is 52.9 Å². The van der Waals surface area contributed by atoms with Gasteiger partial charge in [0.05, 0.1) is 17.1 Å². The van der Waals surface area contributed by atoms with Gasteiger partial charge in [-0.05, 0) is 73.6 Å². The number of alkyl halides is 2. The Morgan fingerprint density at radius 2 is 1.92 bits per heavy atom. The monoisotopic (exact) mass is 508 g/mol. The van der Waals surface area contributed by atoms with Crippen molar-refractivity contribution in [3.8, 4) is 11.1 Å². The van der Waals surface area contributed by atoms with Crippen molar-refractivity contribution in [1.29, 1.82) is 0 Å². The molecule has 0 bridgehead atoms. The van der Waals surface area contributed by atoms with Crippen molar-refractivity contribution >= 4 is 16.7 Å². The number of aryl methyl sites for hydroxylation is 3. The third kappa shape index (κ3) is 4.37. The second-order valence-corrected chi connectivity index (χ2v) is 9.55. The Bertz CT molecular complexity index is 1580. The van der Waals surface area contributed by atoms with Gasteiger partial charge in [-0.3, -0.25) is 4.79 Å².